The first-order valence-electron chi connectivity index (χ1n) is 7.76. The van der Waals surface area contributed by atoms with Crippen molar-refractivity contribution in [3.63, 3.8) is 0 Å². The maximum Gasteiger partial charge on any atom is 0.227 e. The van der Waals surface area contributed by atoms with E-state index in [1.165, 1.54) is 0 Å². The average Bonchev–Trinajstić information content (AvgIpc) is 2.55. The van der Waals surface area contributed by atoms with Gasteiger partial charge >= 0.3 is 0 Å². The van der Waals surface area contributed by atoms with Crippen LogP contribution in [0.5, 0.6) is 11.5 Å². The number of methoxy groups -OCH3 is 1. The summed E-state index contributed by atoms with van der Waals surface area (Å²) in [6, 6.07) is 15.3. The van der Waals surface area contributed by atoms with Crippen LogP contribution in [0.3, 0.4) is 0 Å². The first kappa shape index (κ1) is 16.9. The summed E-state index contributed by atoms with van der Waals surface area (Å²) in [5, 5.41) is 2.96. The Labute approximate surface area is 137 Å². The summed E-state index contributed by atoms with van der Waals surface area (Å²) in [5.74, 6) is 1.60. The zero-order valence-corrected chi connectivity index (χ0v) is 13.8. The molecule has 0 aliphatic heterocycles. The normalized spacial score (nSPS) is 10.4. The van der Waals surface area contributed by atoms with Gasteiger partial charge in [0.1, 0.15) is 0 Å². The smallest absolute Gasteiger partial charge is 0.227 e. The van der Waals surface area contributed by atoms with Crippen LogP contribution < -0.4 is 14.8 Å². The molecule has 0 heterocycles. The Morgan fingerprint density at radius 3 is 2.39 bits per heavy atom. The van der Waals surface area contributed by atoms with Gasteiger partial charge in [-0.05, 0) is 29.7 Å². The van der Waals surface area contributed by atoms with Crippen molar-refractivity contribution in [2.24, 2.45) is 0 Å². The molecule has 1 N–H and O–H groups in total. The number of amides is 1. The summed E-state index contributed by atoms with van der Waals surface area (Å²) in [5.41, 5.74) is 2.00. The minimum Gasteiger partial charge on any atom is -0.493 e. The van der Waals surface area contributed by atoms with Gasteiger partial charge in [-0.25, -0.2) is 0 Å². The van der Waals surface area contributed by atoms with Gasteiger partial charge < -0.3 is 14.8 Å². The van der Waals surface area contributed by atoms with Crippen LogP contribution in [0.15, 0.2) is 48.5 Å². The molecule has 2 rings (SSSR count). The van der Waals surface area contributed by atoms with Gasteiger partial charge in [0.15, 0.2) is 11.5 Å². The van der Waals surface area contributed by atoms with Gasteiger partial charge in [0.2, 0.25) is 5.91 Å². The molecule has 0 radical (unpaired) electrons. The Morgan fingerprint density at radius 2 is 1.70 bits per heavy atom. The fraction of sp³-hybridized carbons (Fsp3) is 0.316. The molecule has 0 saturated heterocycles. The predicted octanol–water partition coefficient (Wildman–Crippen LogP) is 4.23. The number of anilines is 1. The highest BCUT2D eigenvalue weighted by molar-refractivity contribution is 5.91. The molecule has 0 aliphatic rings. The van der Waals surface area contributed by atoms with Gasteiger partial charge in [-0.2, -0.15) is 0 Å². The maximum absolute atomic E-state index is 12.1. The third-order valence-corrected chi connectivity index (χ3v) is 3.51. The highest BCUT2D eigenvalue weighted by Crippen LogP contribution is 2.26. The number of rotatable bonds is 7. The quantitative estimate of drug-likeness (QED) is 0.832. The van der Waals surface area contributed by atoms with E-state index in [1.807, 2.05) is 48.5 Å². The minimum absolute atomic E-state index is 0.0620. The fourth-order valence-electron chi connectivity index (χ4n) is 2.32. The summed E-state index contributed by atoms with van der Waals surface area (Å²) in [6.07, 6.45) is 0.282. The monoisotopic (exact) mass is 313 g/mol. The van der Waals surface area contributed by atoms with Crippen molar-refractivity contribution in [3.8, 4) is 11.5 Å². The largest absolute Gasteiger partial charge is 0.493 e. The van der Waals surface area contributed by atoms with Gasteiger partial charge in [-0.3, -0.25) is 4.79 Å². The highest BCUT2D eigenvalue weighted by atomic mass is 16.5. The third kappa shape index (κ3) is 4.74. The van der Waals surface area contributed by atoms with E-state index in [2.05, 4.69) is 19.2 Å². The van der Waals surface area contributed by atoms with Crippen molar-refractivity contribution in [2.75, 3.05) is 19.0 Å². The topological polar surface area (TPSA) is 47.6 Å². The molecule has 0 unspecified atom stereocenters. The van der Waals surface area contributed by atoms with E-state index in [-0.39, 0.29) is 12.3 Å². The third-order valence-electron chi connectivity index (χ3n) is 3.51. The van der Waals surface area contributed by atoms with E-state index >= 15 is 0 Å². The van der Waals surface area contributed by atoms with Crippen molar-refractivity contribution >= 4 is 11.6 Å². The summed E-state index contributed by atoms with van der Waals surface area (Å²) < 4.78 is 10.8. The number of nitrogens with one attached hydrogen (secondary N) is 1. The maximum atomic E-state index is 12.1. The van der Waals surface area contributed by atoms with Crippen LogP contribution in [0.1, 0.15) is 31.7 Å². The van der Waals surface area contributed by atoms with Gasteiger partial charge in [-0.1, -0.05) is 44.2 Å². The van der Waals surface area contributed by atoms with E-state index < -0.39 is 0 Å². The number of benzene rings is 2. The van der Waals surface area contributed by atoms with Gasteiger partial charge in [0, 0.05) is 5.69 Å². The first-order valence-corrected chi connectivity index (χ1v) is 7.76. The Hall–Kier alpha value is -2.49. The lowest BCUT2D eigenvalue weighted by Crippen LogP contribution is -2.16. The fourth-order valence-corrected chi connectivity index (χ4v) is 2.32. The molecular weight excluding hydrogens is 290 g/mol. The molecule has 0 bridgehead atoms. The van der Waals surface area contributed by atoms with E-state index in [9.17, 15) is 4.79 Å². The van der Waals surface area contributed by atoms with Crippen LogP contribution in [-0.2, 0) is 4.79 Å². The van der Waals surface area contributed by atoms with Crippen LogP contribution in [0.2, 0.25) is 0 Å². The first-order chi connectivity index (χ1) is 11.1. The number of ether oxygens (including phenoxy) is 2. The molecule has 122 valence electrons. The molecule has 4 heteroatoms. The van der Waals surface area contributed by atoms with Crippen LogP contribution in [0, 0.1) is 0 Å². The number of hydrogen-bond acceptors (Lipinski definition) is 3. The Morgan fingerprint density at radius 1 is 1.04 bits per heavy atom. The standard InChI is InChI=1S/C19H23NO3/c1-14(2)15-8-4-5-9-16(15)20-19(21)12-13-23-18-11-7-6-10-17(18)22-3/h4-11,14H,12-13H2,1-3H3,(H,20,21). The lowest BCUT2D eigenvalue weighted by molar-refractivity contribution is -0.116. The number of carbonyl (C=O) groups is 1. The second kappa shape index (κ2) is 8.22. The van der Waals surface area contributed by atoms with Crippen LogP contribution in [-0.4, -0.2) is 19.6 Å². The Kier molecular flexibility index (Phi) is 6.03. The molecule has 0 saturated carbocycles. The van der Waals surface area contributed by atoms with Crippen molar-refractivity contribution in [1.29, 1.82) is 0 Å². The van der Waals surface area contributed by atoms with Gasteiger partial charge in [-0.15, -0.1) is 0 Å². The molecule has 0 spiro atoms. The van der Waals surface area contributed by atoms with Crippen LogP contribution in [0.4, 0.5) is 5.69 Å². The van der Waals surface area contributed by atoms with E-state index in [0.717, 1.165) is 11.3 Å². The summed E-state index contributed by atoms with van der Waals surface area (Å²) in [7, 11) is 1.59. The van der Waals surface area contributed by atoms with Crippen molar-refractivity contribution < 1.29 is 14.3 Å². The number of hydrogen-bond donors (Lipinski definition) is 1. The zero-order chi connectivity index (χ0) is 16.7. The molecule has 0 aliphatic carbocycles. The molecule has 4 nitrogen and oxygen atoms in total. The van der Waals surface area contributed by atoms with Gasteiger partial charge in [0.25, 0.3) is 0 Å². The lowest BCUT2D eigenvalue weighted by Gasteiger charge is -2.14. The molecule has 1 amide bonds. The van der Waals surface area contributed by atoms with Crippen LogP contribution in [0.25, 0.3) is 0 Å². The van der Waals surface area contributed by atoms with Crippen LogP contribution >= 0.6 is 0 Å². The highest BCUT2D eigenvalue weighted by Gasteiger charge is 2.10. The lowest BCUT2D eigenvalue weighted by atomic mass is 10.0. The SMILES string of the molecule is COc1ccccc1OCCC(=O)Nc1ccccc1C(C)C. The predicted molar refractivity (Wildman–Crippen MR) is 92.3 cm³/mol. The Balaban J connectivity index is 1.89. The molecule has 2 aromatic rings. The molecule has 0 aromatic heterocycles. The minimum atomic E-state index is -0.0620. The van der Waals surface area contributed by atoms with E-state index in [4.69, 9.17) is 9.47 Å². The molecule has 2 aromatic carbocycles. The van der Waals surface area contributed by atoms with Gasteiger partial charge in [0.05, 0.1) is 20.1 Å². The number of carbonyl (C=O) groups excluding carboxylic acids is 1. The van der Waals surface area contributed by atoms with Crippen molar-refractivity contribution in [3.05, 3.63) is 54.1 Å². The molecular formula is C19H23NO3. The second-order valence-corrected chi connectivity index (χ2v) is 5.54. The summed E-state index contributed by atoms with van der Waals surface area (Å²) in [6.45, 7) is 4.52. The number of para-hydroxylation sites is 3. The van der Waals surface area contributed by atoms with Crippen molar-refractivity contribution in [2.45, 2.75) is 26.2 Å². The summed E-state index contributed by atoms with van der Waals surface area (Å²) in [4.78, 5) is 12.1. The zero-order valence-electron chi connectivity index (χ0n) is 13.8. The van der Waals surface area contributed by atoms with E-state index in [1.54, 1.807) is 7.11 Å². The summed E-state index contributed by atoms with van der Waals surface area (Å²) >= 11 is 0. The van der Waals surface area contributed by atoms with Crippen molar-refractivity contribution in [1.82, 2.24) is 0 Å². The Bertz CT molecular complexity index is 653. The van der Waals surface area contributed by atoms with E-state index in [0.29, 0.717) is 24.0 Å². The average molecular weight is 313 g/mol. The molecule has 0 fully saturated rings. The second-order valence-electron chi connectivity index (χ2n) is 5.54. The molecule has 0 atom stereocenters. The molecule has 23 heavy (non-hydrogen) atoms.